The Morgan fingerprint density at radius 1 is 0.838 bits per heavy atom. The molecular formula is C30H30N2O5. The normalized spacial score (nSPS) is 10.9. The predicted octanol–water partition coefficient (Wildman–Crippen LogP) is 5.99. The number of methoxy groups -OCH3 is 2. The number of nitrogens with zero attached hydrogens (tertiary/aromatic N) is 1. The average molecular weight is 499 g/mol. The number of benzene rings is 4. The minimum atomic E-state index is -0.362. The number of ether oxygens (including phenoxy) is 4. The second-order valence-electron chi connectivity index (χ2n) is 8.25. The Morgan fingerprint density at radius 3 is 2.38 bits per heavy atom. The summed E-state index contributed by atoms with van der Waals surface area (Å²) in [6.45, 7) is 3.00. The van der Waals surface area contributed by atoms with E-state index in [1.807, 2.05) is 37.3 Å². The number of hydrazone groups is 1. The molecule has 0 bridgehead atoms. The van der Waals surface area contributed by atoms with E-state index in [1.54, 1.807) is 37.6 Å². The molecule has 0 heterocycles. The number of hydrogen-bond donors (Lipinski definition) is 1. The van der Waals surface area contributed by atoms with Crippen LogP contribution in [0.3, 0.4) is 0 Å². The predicted molar refractivity (Wildman–Crippen MR) is 145 cm³/mol. The Morgan fingerprint density at radius 2 is 1.57 bits per heavy atom. The Kier molecular flexibility index (Phi) is 8.60. The zero-order valence-electron chi connectivity index (χ0n) is 21.2. The molecule has 0 aliphatic rings. The van der Waals surface area contributed by atoms with Gasteiger partial charge in [0.15, 0.2) is 23.0 Å². The summed E-state index contributed by atoms with van der Waals surface area (Å²) < 4.78 is 22.6. The number of carbonyl (C=O) groups excluding carboxylic acids is 1. The van der Waals surface area contributed by atoms with Gasteiger partial charge in [-0.05, 0) is 64.7 Å². The van der Waals surface area contributed by atoms with Crippen molar-refractivity contribution in [2.24, 2.45) is 5.10 Å². The third-order valence-corrected chi connectivity index (χ3v) is 5.72. The first-order valence-corrected chi connectivity index (χ1v) is 12.0. The van der Waals surface area contributed by atoms with E-state index in [0.29, 0.717) is 41.8 Å². The van der Waals surface area contributed by atoms with Crippen LogP contribution in [0.25, 0.3) is 10.8 Å². The molecule has 4 aromatic rings. The van der Waals surface area contributed by atoms with E-state index in [-0.39, 0.29) is 5.91 Å². The molecule has 37 heavy (non-hydrogen) atoms. The van der Waals surface area contributed by atoms with Crippen molar-refractivity contribution in [3.63, 3.8) is 0 Å². The molecule has 1 N–H and O–H groups in total. The van der Waals surface area contributed by atoms with Crippen molar-refractivity contribution in [1.82, 2.24) is 5.43 Å². The van der Waals surface area contributed by atoms with Gasteiger partial charge in [0.25, 0.3) is 5.91 Å². The summed E-state index contributed by atoms with van der Waals surface area (Å²) in [5.41, 5.74) is 4.79. The van der Waals surface area contributed by atoms with Crippen LogP contribution in [0, 0.1) is 0 Å². The lowest BCUT2D eigenvalue weighted by atomic mass is 10.1. The van der Waals surface area contributed by atoms with Crippen LogP contribution in [0.2, 0.25) is 0 Å². The van der Waals surface area contributed by atoms with Gasteiger partial charge in [-0.15, -0.1) is 0 Å². The van der Waals surface area contributed by atoms with Crippen molar-refractivity contribution in [3.05, 3.63) is 95.6 Å². The van der Waals surface area contributed by atoms with Gasteiger partial charge >= 0.3 is 0 Å². The molecule has 0 radical (unpaired) electrons. The van der Waals surface area contributed by atoms with Crippen molar-refractivity contribution in [3.8, 4) is 23.0 Å². The molecule has 4 aromatic carbocycles. The third-order valence-electron chi connectivity index (χ3n) is 5.72. The van der Waals surface area contributed by atoms with Crippen molar-refractivity contribution >= 4 is 22.9 Å². The van der Waals surface area contributed by atoms with Crippen LogP contribution in [-0.2, 0) is 6.61 Å². The molecule has 0 aromatic heterocycles. The Labute approximate surface area is 216 Å². The van der Waals surface area contributed by atoms with Gasteiger partial charge in [-0.1, -0.05) is 49.4 Å². The lowest BCUT2D eigenvalue weighted by Crippen LogP contribution is -2.17. The Balaban J connectivity index is 1.40. The summed E-state index contributed by atoms with van der Waals surface area (Å²) in [5, 5.41) is 6.41. The van der Waals surface area contributed by atoms with Gasteiger partial charge in [0.2, 0.25) is 0 Å². The topological polar surface area (TPSA) is 78.4 Å². The first kappa shape index (κ1) is 25.6. The standard InChI is InChI=1S/C30H30N2O5/c1-4-16-36-26-15-13-23(18-29(26)35-3)30(33)32-31-19-21-12-14-27(28(17-21)34-2)37-20-24-10-7-9-22-8-5-6-11-25(22)24/h5-15,17-19H,4,16,20H2,1-3H3,(H,32,33)/b31-19+. The average Bonchev–Trinajstić information content (AvgIpc) is 2.95. The summed E-state index contributed by atoms with van der Waals surface area (Å²) >= 11 is 0. The lowest BCUT2D eigenvalue weighted by Gasteiger charge is -2.13. The van der Waals surface area contributed by atoms with E-state index in [0.717, 1.165) is 22.9 Å². The van der Waals surface area contributed by atoms with E-state index in [1.165, 1.54) is 12.5 Å². The minimum Gasteiger partial charge on any atom is -0.493 e. The van der Waals surface area contributed by atoms with Crippen LogP contribution < -0.4 is 24.4 Å². The van der Waals surface area contributed by atoms with Crippen LogP contribution in [0.15, 0.2) is 84.0 Å². The maximum atomic E-state index is 12.6. The van der Waals surface area contributed by atoms with E-state index in [9.17, 15) is 4.79 Å². The smallest absolute Gasteiger partial charge is 0.271 e. The molecule has 0 atom stereocenters. The number of rotatable bonds is 11. The van der Waals surface area contributed by atoms with Crippen LogP contribution in [0.4, 0.5) is 0 Å². The summed E-state index contributed by atoms with van der Waals surface area (Å²) in [6, 6.07) is 24.9. The summed E-state index contributed by atoms with van der Waals surface area (Å²) in [6.07, 6.45) is 2.42. The Bertz CT molecular complexity index is 1390. The first-order chi connectivity index (χ1) is 18.1. The van der Waals surface area contributed by atoms with E-state index < -0.39 is 0 Å². The molecule has 0 aliphatic heterocycles. The SMILES string of the molecule is CCCOc1ccc(C(=O)N/N=C/c2ccc(OCc3cccc4ccccc34)c(OC)c2)cc1OC. The fourth-order valence-electron chi connectivity index (χ4n) is 3.83. The number of hydrogen-bond acceptors (Lipinski definition) is 6. The van der Waals surface area contributed by atoms with Gasteiger partial charge in [0.05, 0.1) is 27.0 Å². The summed E-state index contributed by atoms with van der Waals surface area (Å²) in [5.74, 6) is 1.92. The molecule has 0 unspecified atom stereocenters. The van der Waals surface area contributed by atoms with Crippen LogP contribution in [0.1, 0.15) is 34.8 Å². The molecule has 7 nitrogen and oxygen atoms in total. The molecule has 7 heteroatoms. The van der Waals surface area contributed by atoms with Crippen molar-refractivity contribution in [1.29, 1.82) is 0 Å². The van der Waals surface area contributed by atoms with Crippen LogP contribution >= 0.6 is 0 Å². The first-order valence-electron chi connectivity index (χ1n) is 12.0. The maximum Gasteiger partial charge on any atom is 0.271 e. The third kappa shape index (κ3) is 6.38. The van der Waals surface area contributed by atoms with E-state index in [2.05, 4.69) is 34.8 Å². The van der Waals surface area contributed by atoms with Gasteiger partial charge in [-0.3, -0.25) is 4.79 Å². The monoisotopic (exact) mass is 498 g/mol. The highest BCUT2D eigenvalue weighted by molar-refractivity contribution is 5.95. The highest BCUT2D eigenvalue weighted by Crippen LogP contribution is 2.30. The molecular weight excluding hydrogens is 468 g/mol. The van der Waals surface area contributed by atoms with Crippen molar-refractivity contribution < 1.29 is 23.7 Å². The van der Waals surface area contributed by atoms with Crippen LogP contribution in [-0.4, -0.2) is 32.9 Å². The van der Waals surface area contributed by atoms with Gasteiger partial charge in [0.1, 0.15) is 6.61 Å². The lowest BCUT2D eigenvalue weighted by molar-refractivity contribution is 0.0954. The van der Waals surface area contributed by atoms with E-state index in [4.69, 9.17) is 18.9 Å². The fourth-order valence-corrected chi connectivity index (χ4v) is 3.83. The van der Waals surface area contributed by atoms with Crippen molar-refractivity contribution in [2.75, 3.05) is 20.8 Å². The second kappa shape index (κ2) is 12.4. The number of amides is 1. The molecule has 0 saturated heterocycles. The van der Waals surface area contributed by atoms with Crippen LogP contribution in [0.5, 0.6) is 23.0 Å². The zero-order valence-corrected chi connectivity index (χ0v) is 21.2. The molecule has 0 saturated carbocycles. The van der Waals surface area contributed by atoms with E-state index >= 15 is 0 Å². The molecule has 0 aliphatic carbocycles. The van der Waals surface area contributed by atoms with Crippen molar-refractivity contribution in [2.45, 2.75) is 20.0 Å². The number of carbonyl (C=O) groups is 1. The van der Waals surface area contributed by atoms with Gasteiger partial charge < -0.3 is 18.9 Å². The zero-order chi connectivity index (χ0) is 26.0. The minimum absolute atomic E-state index is 0.362. The summed E-state index contributed by atoms with van der Waals surface area (Å²) in [7, 11) is 3.13. The Hall–Kier alpha value is -4.52. The molecule has 0 spiro atoms. The fraction of sp³-hybridized carbons (Fsp3) is 0.200. The number of nitrogens with one attached hydrogen (secondary N) is 1. The van der Waals surface area contributed by atoms with Gasteiger partial charge in [0, 0.05) is 5.56 Å². The molecule has 4 rings (SSSR count). The molecule has 0 fully saturated rings. The highest BCUT2D eigenvalue weighted by atomic mass is 16.5. The second-order valence-corrected chi connectivity index (χ2v) is 8.25. The summed E-state index contributed by atoms with van der Waals surface area (Å²) in [4.78, 5) is 12.6. The largest absolute Gasteiger partial charge is 0.493 e. The quantitative estimate of drug-likeness (QED) is 0.203. The van der Waals surface area contributed by atoms with Gasteiger partial charge in [-0.25, -0.2) is 5.43 Å². The molecule has 1 amide bonds. The molecule has 190 valence electrons. The number of fused-ring (bicyclic) bond motifs is 1. The van der Waals surface area contributed by atoms with Gasteiger partial charge in [-0.2, -0.15) is 5.10 Å². The highest BCUT2D eigenvalue weighted by Gasteiger charge is 2.11. The maximum absolute atomic E-state index is 12.6.